The number of sulfonamides is 1. The number of fused-ring (bicyclic) bond motifs is 1. The Bertz CT molecular complexity index is 1020. The Balaban J connectivity index is 1.81. The number of aryl methyl sites for hydroxylation is 1. The predicted octanol–water partition coefficient (Wildman–Crippen LogP) is 2.56. The van der Waals surface area contributed by atoms with Gasteiger partial charge in [-0.15, -0.1) is 0 Å². The Morgan fingerprint density at radius 3 is 2.58 bits per heavy atom. The van der Waals surface area contributed by atoms with Crippen LogP contribution in [0.5, 0.6) is 0 Å². The smallest absolute Gasteiger partial charge is 0.235 e. The topological polar surface area (TPSA) is 76.9 Å². The van der Waals surface area contributed by atoms with Crippen LogP contribution in [0, 0.1) is 6.92 Å². The number of rotatable bonds is 4. The fraction of sp³-hybridized carbons (Fsp3) is 0.294. The molecular formula is C17H18N4O2S. The van der Waals surface area contributed by atoms with Crippen LogP contribution in [-0.4, -0.2) is 28.7 Å². The number of nitrogens with one attached hydrogen (secondary N) is 1. The Kier molecular flexibility index (Phi) is 3.26. The fourth-order valence-corrected chi connectivity index (χ4v) is 4.13. The van der Waals surface area contributed by atoms with Crippen molar-refractivity contribution >= 4 is 21.1 Å². The summed E-state index contributed by atoms with van der Waals surface area (Å²) >= 11 is 0. The molecule has 0 spiro atoms. The van der Waals surface area contributed by atoms with Crippen molar-refractivity contribution in [3.05, 3.63) is 48.3 Å². The van der Waals surface area contributed by atoms with E-state index in [2.05, 4.69) is 14.8 Å². The molecule has 1 saturated carbocycles. The monoisotopic (exact) mass is 342 g/mol. The summed E-state index contributed by atoms with van der Waals surface area (Å²) in [4.78, 5) is 4.56. The summed E-state index contributed by atoms with van der Waals surface area (Å²) in [6.07, 6.45) is 3.14. The SMILES string of the molecule is Cc1nn(-c2ccccc2)c2ncc(S(=O)(=O)NC3(C)CC3)cc12. The van der Waals surface area contributed by atoms with Gasteiger partial charge in [-0.1, -0.05) is 18.2 Å². The first-order valence-corrected chi connectivity index (χ1v) is 9.31. The first-order valence-electron chi connectivity index (χ1n) is 7.83. The van der Waals surface area contributed by atoms with E-state index < -0.39 is 10.0 Å². The zero-order valence-corrected chi connectivity index (χ0v) is 14.3. The molecule has 4 rings (SSSR count). The standard InChI is InChI=1S/C17H18N4O2S/c1-12-15-10-14(24(22,23)20-17(2)8-9-17)11-18-16(15)21(19-12)13-6-4-3-5-7-13/h3-7,10-11,20H,8-9H2,1-2H3. The normalized spacial score (nSPS) is 16.4. The molecule has 6 nitrogen and oxygen atoms in total. The summed E-state index contributed by atoms with van der Waals surface area (Å²) in [5.41, 5.74) is 1.98. The molecular weight excluding hydrogens is 324 g/mol. The van der Waals surface area contributed by atoms with E-state index >= 15 is 0 Å². The average molecular weight is 342 g/mol. The highest BCUT2D eigenvalue weighted by molar-refractivity contribution is 7.89. The minimum Gasteiger partial charge on any atom is -0.235 e. The van der Waals surface area contributed by atoms with Crippen molar-refractivity contribution in [2.24, 2.45) is 0 Å². The van der Waals surface area contributed by atoms with E-state index in [0.29, 0.717) is 5.65 Å². The van der Waals surface area contributed by atoms with Crippen molar-refractivity contribution in [2.75, 3.05) is 0 Å². The van der Waals surface area contributed by atoms with Crippen molar-refractivity contribution in [3.63, 3.8) is 0 Å². The minimum atomic E-state index is -3.57. The zero-order valence-electron chi connectivity index (χ0n) is 13.5. The lowest BCUT2D eigenvalue weighted by atomic mass is 10.3. The largest absolute Gasteiger partial charge is 0.242 e. The number of para-hydroxylation sites is 1. The quantitative estimate of drug-likeness (QED) is 0.790. The van der Waals surface area contributed by atoms with Crippen LogP contribution in [0.2, 0.25) is 0 Å². The third-order valence-corrected chi connectivity index (χ3v) is 5.98. The molecule has 0 saturated heterocycles. The van der Waals surface area contributed by atoms with Gasteiger partial charge in [0, 0.05) is 17.1 Å². The van der Waals surface area contributed by atoms with Crippen LogP contribution in [0.25, 0.3) is 16.7 Å². The van der Waals surface area contributed by atoms with E-state index in [1.807, 2.05) is 44.2 Å². The molecule has 0 radical (unpaired) electrons. The Labute approximate surface area is 140 Å². The lowest BCUT2D eigenvalue weighted by Crippen LogP contribution is -2.34. The Morgan fingerprint density at radius 1 is 1.21 bits per heavy atom. The van der Waals surface area contributed by atoms with Gasteiger partial charge in [0.2, 0.25) is 10.0 Å². The van der Waals surface area contributed by atoms with E-state index in [1.165, 1.54) is 6.20 Å². The van der Waals surface area contributed by atoms with Gasteiger partial charge < -0.3 is 0 Å². The van der Waals surface area contributed by atoms with Gasteiger partial charge in [0.15, 0.2) is 5.65 Å². The van der Waals surface area contributed by atoms with Gasteiger partial charge in [-0.05, 0) is 44.9 Å². The van der Waals surface area contributed by atoms with Crippen molar-refractivity contribution in [2.45, 2.75) is 37.1 Å². The molecule has 24 heavy (non-hydrogen) atoms. The highest BCUT2D eigenvalue weighted by Crippen LogP contribution is 2.36. The first-order chi connectivity index (χ1) is 11.4. The second-order valence-corrected chi connectivity index (χ2v) is 8.22. The van der Waals surface area contributed by atoms with Crippen LogP contribution in [0.3, 0.4) is 0 Å². The molecule has 0 aliphatic heterocycles. The lowest BCUT2D eigenvalue weighted by Gasteiger charge is -2.12. The number of aromatic nitrogens is 3. The predicted molar refractivity (Wildman–Crippen MR) is 91.6 cm³/mol. The van der Waals surface area contributed by atoms with Crippen LogP contribution in [0.15, 0.2) is 47.5 Å². The van der Waals surface area contributed by atoms with E-state index in [0.717, 1.165) is 29.6 Å². The van der Waals surface area contributed by atoms with E-state index in [4.69, 9.17) is 0 Å². The number of benzene rings is 1. The van der Waals surface area contributed by atoms with Gasteiger partial charge in [0.25, 0.3) is 0 Å². The van der Waals surface area contributed by atoms with E-state index in [9.17, 15) is 8.42 Å². The molecule has 124 valence electrons. The zero-order chi connectivity index (χ0) is 16.9. The summed E-state index contributed by atoms with van der Waals surface area (Å²) < 4.78 is 29.6. The minimum absolute atomic E-state index is 0.179. The molecule has 3 aromatic rings. The van der Waals surface area contributed by atoms with Gasteiger partial charge >= 0.3 is 0 Å². The Morgan fingerprint density at radius 2 is 1.92 bits per heavy atom. The van der Waals surface area contributed by atoms with Gasteiger partial charge in [0.05, 0.1) is 11.4 Å². The first kappa shape index (κ1) is 15.3. The molecule has 1 aliphatic carbocycles. The molecule has 0 unspecified atom stereocenters. The Hall–Kier alpha value is -2.25. The molecule has 7 heteroatoms. The van der Waals surface area contributed by atoms with Crippen molar-refractivity contribution in [1.82, 2.24) is 19.5 Å². The molecule has 0 atom stereocenters. The van der Waals surface area contributed by atoms with Crippen molar-refractivity contribution in [1.29, 1.82) is 0 Å². The number of hydrogen-bond donors (Lipinski definition) is 1. The van der Waals surface area contributed by atoms with Gasteiger partial charge in [-0.2, -0.15) is 5.10 Å². The lowest BCUT2D eigenvalue weighted by molar-refractivity contribution is 0.558. The molecule has 2 aromatic heterocycles. The van der Waals surface area contributed by atoms with E-state index in [-0.39, 0.29) is 10.4 Å². The average Bonchev–Trinajstić information content (AvgIpc) is 3.18. The van der Waals surface area contributed by atoms with E-state index in [1.54, 1.807) is 10.7 Å². The van der Waals surface area contributed by atoms with Gasteiger partial charge in [-0.25, -0.2) is 22.8 Å². The molecule has 1 N–H and O–H groups in total. The summed E-state index contributed by atoms with van der Waals surface area (Å²) in [6.45, 7) is 3.77. The second kappa shape index (κ2) is 5.12. The second-order valence-electron chi connectivity index (χ2n) is 6.54. The van der Waals surface area contributed by atoms with Crippen molar-refractivity contribution < 1.29 is 8.42 Å². The van der Waals surface area contributed by atoms with Crippen molar-refractivity contribution in [3.8, 4) is 5.69 Å². The maximum absolute atomic E-state index is 12.5. The van der Waals surface area contributed by atoms with Gasteiger partial charge in [-0.3, -0.25) is 0 Å². The summed E-state index contributed by atoms with van der Waals surface area (Å²) in [6, 6.07) is 11.3. The van der Waals surface area contributed by atoms with Crippen LogP contribution in [0.4, 0.5) is 0 Å². The maximum atomic E-state index is 12.5. The summed E-state index contributed by atoms with van der Waals surface area (Å²) in [5.74, 6) is 0. The summed E-state index contributed by atoms with van der Waals surface area (Å²) in [7, 11) is -3.57. The molecule has 0 amide bonds. The number of pyridine rings is 1. The van der Waals surface area contributed by atoms with Crippen LogP contribution in [-0.2, 0) is 10.0 Å². The maximum Gasteiger partial charge on any atom is 0.242 e. The highest BCUT2D eigenvalue weighted by atomic mass is 32.2. The molecule has 1 aromatic carbocycles. The number of hydrogen-bond acceptors (Lipinski definition) is 4. The van der Waals surface area contributed by atoms with Crippen LogP contribution >= 0.6 is 0 Å². The fourth-order valence-electron chi connectivity index (χ4n) is 2.69. The number of nitrogens with zero attached hydrogens (tertiary/aromatic N) is 3. The highest BCUT2D eigenvalue weighted by Gasteiger charge is 2.41. The molecule has 0 bridgehead atoms. The molecule has 2 heterocycles. The third kappa shape index (κ3) is 2.59. The van der Waals surface area contributed by atoms with Crippen LogP contribution < -0.4 is 4.72 Å². The summed E-state index contributed by atoms with van der Waals surface area (Å²) in [5, 5.41) is 5.25. The third-order valence-electron chi connectivity index (χ3n) is 4.37. The van der Waals surface area contributed by atoms with Crippen LogP contribution in [0.1, 0.15) is 25.5 Å². The molecule has 1 fully saturated rings. The molecule has 1 aliphatic rings. The van der Waals surface area contributed by atoms with Gasteiger partial charge in [0.1, 0.15) is 4.90 Å².